The molecule has 0 atom stereocenters. The highest BCUT2D eigenvalue weighted by Crippen LogP contribution is 2.31. The fraction of sp³-hybridized carbons (Fsp3) is 0.733. The monoisotopic (exact) mass is 262 g/mol. The normalized spacial score (nSPS) is 19.2. The average Bonchev–Trinajstić information content (AvgIpc) is 2.63. The number of likely N-dealkylation sites (N-methyl/N-ethyl adjacent to an activating group) is 1. The van der Waals surface area contributed by atoms with Gasteiger partial charge in [-0.25, -0.2) is 9.97 Å². The molecular weight excluding hydrogens is 236 g/mol. The first-order valence-electron chi connectivity index (χ1n) is 7.33. The molecule has 1 heterocycles. The second-order valence-corrected chi connectivity index (χ2v) is 5.91. The van der Waals surface area contributed by atoms with Gasteiger partial charge in [0.05, 0.1) is 0 Å². The molecule has 0 aromatic carbocycles. The van der Waals surface area contributed by atoms with Crippen molar-refractivity contribution in [2.24, 2.45) is 0 Å². The number of aryl methyl sites for hydroxylation is 1. The van der Waals surface area contributed by atoms with Crippen LogP contribution in [0.3, 0.4) is 0 Å². The van der Waals surface area contributed by atoms with Crippen LogP contribution in [0.25, 0.3) is 0 Å². The Labute approximate surface area is 116 Å². The smallest absolute Gasteiger partial charge is 0.222 e. The van der Waals surface area contributed by atoms with Crippen LogP contribution in [0.1, 0.15) is 44.2 Å². The van der Waals surface area contributed by atoms with Crippen molar-refractivity contribution in [2.45, 2.75) is 51.0 Å². The van der Waals surface area contributed by atoms with Gasteiger partial charge in [-0.2, -0.15) is 0 Å². The van der Waals surface area contributed by atoms with Gasteiger partial charge in [-0.15, -0.1) is 0 Å². The van der Waals surface area contributed by atoms with E-state index >= 15 is 0 Å². The predicted octanol–water partition coefficient (Wildman–Crippen LogP) is 2.85. The Morgan fingerprint density at radius 3 is 2.47 bits per heavy atom. The number of hydrogen-bond acceptors (Lipinski definition) is 4. The van der Waals surface area contributed by atoms with Crippen LogP contribution in [0.4, 0.5) is 5.95 Å². The molecule has 0 radical (unpaired) electrons. The number of nitrogens with one attached hydrogen (secondary N) is 1. The predicted molar refractivity (Wildman–Crippen MR) is 79.4 cm³/mol. The molecule has 1 aromatic rings. The molecule has 1 saturated carbocycles. The minimum absolute atomic E-state index is 0.254. The topological polar surface area (TPSA) is 41.1 Å². The second-order valence-electron chi connectivity index (χ2n) is 5.91. The number of hydrogen-bond donors (Lipinski definition) is 1. The minimum Gasteiger partial charge on any atom is -0.352 e. The largest absolute Gasteiger partial charge is 0.352 e. The molecule has 0 aliphatic heterocycles. The van der Waals surface area contributed by atoms with Crippen molar-refractivity contribution in [3.8, 4) is 0 Å². The molecule has 106 valence electrons. The molecule has 1 N–H and O–H groups in total. The zero-order chi connectivity index (χ0) is 13.7. The summed E-state index contributed by atoms with van der Waals surface area (Å²) in [7, 11) is 4.40. The molecule has 1 aromatic heterocycles. The maximum Gasteiger partial charge on any atom is 0.222 e. The van der Waals surface area contributed by atoms with Gasteiger partial charge in [-0.1, -0.05) is 25.7 Å². The Bertz CT molecular complexity index is 395. The van der Waals surface area contributed by atoms with Gasteiger partial charge < -0.3 is 10.2 Å². The molecule has 0 bridgehead atoms. The summed E-state index contributed by atoms with van der Waals surface area (Å²) in [6, 6.07) is 1.93. The van der Waals surface area contributed by atoms with Crippen molar-refractivity contribution in [3.05, 3.63) is 18.0 Å². The Kier molecular flexibility index (Phi) is 4.75. The van der Waals surface area contributed by atoms with E-state index in [9.17, 15) is 0 Å². The summed E-state index contributed by atoms with van der Waals surface area (Å²) in [5.41, 5.74) is 1.26. The van der Waals surface area contributed by atoms with Crippen molar-refractivity contribution in [1.82, 2.24) is 14.9 Å². The van der Waals surface area contributed by atoms with Crippen LogP contribution in [0, 0.1) is 6.92 Å². The minimum atomic E-state index is 0.254. The van der Waals surface area contributed by atoms with Crippen LogP contribution >= 0.6 is 0 Å². The van der Waals surface area contributed by atoms with E-state index in [0.29, 0.717) is 0 Å². The van der Waals surface area contributed by atoms with E-state index in [2.05, 4.69) is 34.3 Å². The highest BCUT2D eigenvalue weighted by atomic mass is 15.2. The number of anilines is 1. The number of aromatic nitrogens is 2. The zero-order valence-corrected chi connectivity index (χ0v) is 12.4. The highest BCUT2D eigenvalue weighted by molar-refractivity contribution is 5.26. The molecule has 0 spiro atoms. The molecule has 1 aliphatic rings. The number of nitrogens with zero attached hydrogens (tertiary/aromatic N) is 3. The van der Waals surface area contributed by atoms with Gasteiger partial charge in [0.25, 0.3) is 0 Å². The highest BCUT2D eigenvalue weighted by Gasteiger charge is 2.33. The lowest BCUT2D eigenvalue weighted by atomic mass is 9.89. The first kappa shape index (κ1) is 14.3. The van der Waals surface area contributed by atoms with E-state index < -0.39 is 0 Å². The molecule has 1 fully saturated rings. The van der Waals surface area contributed by atoms with Crippen LogP contribution in [0.15, 0.2) is 12.3 Å². The van der Waals surface area contributed by atoms with E-state index in [1.165, 1.54) is 38.5 Å². The van der Waals surface area contributed by atoms with Crippen molar-refractivity contribution in [3.63, 3.8) is 0 Å². The first-order chi connectivity index (χ1) is 9.12. The Morgan fingerprint density at radius 2 is 1.89 bits per heavy atom. The third-order valence-corrected chi connectivity index (χ3v) is 4.35. The van der Waals surface area contributed by atoms with Crippen LogP contribution in [0.5, 0.6) is 0 Å². The first-order valence-corrected chi connectivity index (χ1v) is 7.33. The van der Waals surface area contributed by atoms with E-state index in [1.54, 1.807) is 0 Å². The third kappa shape index (κ3) is 3.66. The summed E-state index contributed by atoms with van der Waals surface area (Å²) in [5, 5.41) is 3.44. The summed E-state index contributed by atoms with van der Waals surface area (Å²) in [5.74, 6) is 0.755. The molecule has 0 saturated heterocycles. The van der Waals surface area contributed by atoms with Crippen LogP contribution < -0.4 is 5.32 Å². The lowest BCUT2D eigenvalue weighted by Crippen LogP contribution is -2.49. The van der Waals surface area contributed by atoms with Crippen LogP contribution in [-0.4, -0.2) is 41.0 Å². The Balaban J connectivity index is 2.04. The fourth-order valence-electron chi connectivity index (χ4n) is 2.95. The molecule has 19 heavy (non-hydrogen) atoms. The lowest BCUT2D eigenvalue weighted by molar-refractivity contribution is 0.143. The SMILES string of the molecule is Cc1ccnc(NCC2(N(C)C)CCCCCC2)n1. The van der Waals surface area contributed by atoms with Crippen molar-refractivity contribution < 1.29 is 0 Å². The van der Waals surface area contributed by atoms with Gasteiger partial charge >= 0.3 is 0 Å². The van der Waals surface area contributed by atoms with E-state index in [0.717, 1.165) is 18.2 Å². The number of rotatable bonds is 4. The maximum absolute atomic E-state index is 4.43. The van der Waals surface area contributed by atoms with Gasteiger partial charge in [0.2, 0.25) is 5.95 Å². The average molecular weight is 262 g/mol. The second kappa shape index (κ2) is 6.33. The summed E-state index contributed by atoms with van der Waals surface area (Å²) in [6.45, 7) is 2.93. The van der Waals surface area contributed by atoms with Gasteiger partial charge in [0.1, 0.15) is 0 Å². The zero-order valence-electron chi connectivity index (χ0n) is 12.4. The van der Waals surface area contributed by atoms with Crippen LogP contribution in [-0.2, 0) is 0 Å². The molecule has 4 heteroatoms. The summed E-state index contributed by atoms with van der Waals surface area (Å²) in [4.78, 5) is 11.1. The maximum atomic E-state index is 4.43. The summed E-state index contributed by atoms with van der Waals surface area (Å²) >= 11 is 0. The van der Waals surface area contributed by atoms with Gasteiger partial charge in [0, 0.05) is 24.0 Å². The Morgan fingerprint density at radius 1 is 1.21 bits per heavy atom. The van der Waals surface area contributed by atoms with Crippen molar-refractivity contribution in [1.29, 1.82) is 0 Å². The van der Waals surface area contributed by atoms with Gasteiger partial charge in [-0.05, 0) is 39.9 Å². The van der Waals surface area contributed by atoms with E-state index in [4.69, 9.17) is 0 Å². The molecule has 1 aliphatic carbocycles. The third-order valence-electron chi connectivity index (χ3n) is 4.35. The molecule has 2 rings (SSSR count). The summed E-state index contributed by atoms with van der Waals surface area (Å²) < 4.78 is 0. The molecule has 0 amide bonds. The molecular formula is C15H26N4. The van der Waals surface area contributed by atoms with Crippen molar-refractivity contribution >= 4 is 5.95 Å². The summed E-state index contributed by atoms with van der Waals surface area (Å²) in [6.07, 6.45) is 9.74. The standard InChI is InChI=1S/C15H26N4/c1-13-8-11-16-14(18-13)17-12-15(19(2)3)9-6-4-5-7-10-15/h8,11H,4-7,9-10,12H2,1-3H3,(H,16,17,18). The lowest BCUT2D eigenvalue weighted by Gasteiger charge is -2.39. The quantitative estimate of drug-likeness (QED) is 0.847. The molecule has 4 nitrogen and oxygen atoms in total. The van der Waals surface area contributed by atoms with Crippen LogP contribution in [0.2, 0.25) is 0 Å². The van der Waals surface area contributed by atoms with E-state index in [1.807, 2.05) is 19.2 Å². The molecule has 0 unspecified atom stereocenters. The fourth-order valence-corrected chi connectivity index (χ4v) is 2.95. The van der Waals surface area contributed by atoms with E-state index in [-0.39, 0.29) is 5.54 Å². The van der Waals surface area contributed by atoms with Gasteiger partial charge in [0.15, 0.2) is 0 Å². The Hall–Kier alpha value is -1.16. The van der Waals surface area contributed by atoms with Gasteiger partial charge in [-0.3, -0.25) is 0 Å². The van der Waals surface area contributed by atoms with Crippen molar-refractivity contribution in [2.75, 3.05) is 26.0 Å².